The van der Waals surface area contributed by atoms with E-state index in [-0.39, 0.29) is 78.4 Å². The van der Waals surface area contributed by atoms with Crippen molar-refractivity contribution in [1.82, 2.24) is 0 Å². The Hall–Kier alpha value is -7.86. The van der Waals surface area contributed by atoms with Gasteiger partial charge < -0.3 is 52.5 Å². The molecule has 0 radical (unpaired) electrons. The first-order valence-corrected chi connectivity index (χ1v) is 39.2. The highest BCUT2D eigenvalue weighted by molar-refractivity contribution is 5.66. The lowest BCUT2D eigenvalue weighted by atomic mass is 9.39. The van der Waals surface area contributed by atoms with E-state index in [0.29, 0.717) is 59.3 Å². The third kappa shape index (κ3) is 18.2. The van der Waals surface area contributed by atoms with E-state index in [4.69, 9.17) is 47.4 Å². The molecule has 562 valence electrons. The fourth-order valence-electron chi connectivity index (χ4n) is 20.2. The highest BCUT2D eigenvalue weighted by Gasteiger charge is 2.70. The van der Waals surface area contributed by atoms with Crippen LogP contribution < -0.4 is 0 Å². The summed E-state index contributed by atoms with van der Waals surface area (Å²) < 4.78 is 75.6. The summed E-state index contributed by atoms with van der Waals surface area (Å²) in [6, 6.07) is 82.6. The molecule has 4 aliphatic carbocycles. The zero-order chi connectivity index (χ0) is 73.4. The lowest BCUT2D eigenvalue weighted by molar-refractivity contribution is -0.312. The van der Waals surface area contributed by atoms with Gasteiger partial charge in [0.15, 0.2) is 0 Å². The molecule has 0 aromatic heterocycles. The van der Waals surface area contributed by atoms with E-state index >= 15 is 0 Å². The first-order valence-electron chi connectivity index (χ1n) is 39.2. The van der Waals surface area contributed by atoms with E-state index in [2.05, 4.69) is 176 Å². The molecule has 0 bridgehead atoms. The Morgan fingerprint density at radius 1 is 0.458 bits per heavy atom. The van der Waals surface area contributed by atoms with Crippen LogP contribution in [0.5, 0.6) is 0 Å². The molecule has 8 aromatic carbocycles. The van der Waals surface area contributed by atoms with Crippen molar-refractivity contribution in [2.75, 3.05) is 13.2 Å². The van der Waals surface area contributed by atoms with Gasteiger partial charge in [0.2, 0.25) is 0 Å². The number of ether oxygens (including phenoxy) is 10. The van der Waals surface area contributed by atoms with Crippen molar-refractivity contribution in [2.24, 2.45) is 63.3 Å². The average molecular weight is 1450 g/mol. The van der Waals surface area contributed by atoms with Crippen LogP contribution in [0.2, 0.25) is 0 Å². The largest absolute Gasteiger partial charge is 0.481 e. The number of azide groups is 1. The third-order valence-electron chi connectivity index (χ3n) is 25.4. The Bertz CT molecular complexity index is 4040. The highest BCUT2D eigenvalue weighted by Crippen LogP contribution is 2.73. The molecule has 2 aliphatic heterocycles. The maximum absolute atomic E-state index is 12.9. The summed E-state index contributed by atoms with van der Waals surface area (Å²) in [5.41, 5.74) is 17.9. The van der Waals surface area contributed by atoms with E-state index in [1.807, 2.05) is 97.1 Å². The minimum atomic E-state index is -0.795. The molecule has 21 atom stereocenters. The Morgan fingerprint density at radius 3 is 1.21 bits per heavy atom. The monoisotopic (exact) mass is 1450 g/mol. The first-order chi connectivity index (χ1) is 52.5. The fourth-order valence-corrected chi connectivity index (χ4v) is 20.2. The van der Waals surface area contributed by atoms with E-state index < -0.39 is 72.4 Å². The molecule has 0 spiro atoms. The van der Waals surface area contributed by atoms with Gasteiger partial charge in [-0.2, -0.15) is 0 Å². The zero-order valence-corrected chi connectivity index (χ0v) is 62.3. The van der Waals surface area contributed by atoms with Crippen molar-refractivity contribution in [1.29, 1.82) is 0 Å². The highest BCUT2D eigenvalue weighted by atomic mass is 16.6. The zero-order valence-electron chi connectivity index (χ0n) is 62.3. The molecular weight excluding hydrogens is 1340 g/mol. The molecule has 2 heterocycles. The minimum Gasteiger partial charge on any atom is -0.481 e. The summed E-state index contributed by atoms with van der Waals surface area (Å²) in [4.78, 5) is 16.4. The van der Waals surface area contributed by atoms with Crippen molar-refractivity contribution < 1.29 is 57.3 Å². The lowest BCUT2D eigenvalue weighted by Gasteiger charge is -2.68. The van der Waals surface area contributed by atoms with Gasteiger partial charge in [0.1, 0.15) is 48.8 Å². The fraction of sp³-hybridized carbons (Fsp3) is 0.467. The molecular formula is C92H107N3O12. The van der Waals surface area contributed by atoms with Crippen LogP contribution in [0.25, 0.3) is 10.4 Å². The van der Waals surface area contributed by atoms with Gasteiger partial charge in [-0.15, -0.1) is 0 Å². The molecule has 6 fully saturated rings. The molecule has 107 heavy (non-hydrogen) atoms. The number of carboxylic acid groups (broad SMARTS) is 1. The molecule has 0 amide bonds. The molecule has 14 rings (SSSR count). The van der Waals surface area contributed by atoms with Gasteiger partial charge in [-0.1, -0.05) is 269 Å². The van der Waals surface area contributed by atoms with Crippen LogP contribution in [0.4, 0.5) is 0 Å². The number of hydrogen-bond acceptors (Lipinski definition) is 12. The van der Waals surface area contributed by atoms with E-state index in [9.17, 15) is 15.4 Å². The summed E-state index contributed by atoms with van der Waals surface area (Å²) in [6.45, 7) is 10.4. The number of benzene rings is 8. The summed E-state index contributed by atoms with van der Waals surface area (Å²) in [5, 5.41) is 15.2. The number of aliphatic carboxylic acids is 1. The SMILES string of the molecule is C[C@H](CCC(=O)O)[C@H]1CC[C@H]2[C@@H]3[C@@H](C4O[C@H](COCc5ccccc5)[C@@H](OCc5ccccc5)[C@H](OCc5ccccc5)[C@H]4OCc4ccccc4)C[C@@H]4C[C@@H](N=[N+]=[N-])CC[C@]4(C)[C@H]3C[C@@H]([C@@H]3O[C@H](COCc4ccccc4)[C@@H](OCc4ccccc4)[C@H](OCc4ccccc4)[C@H]3OCc3ccccc3)[C@]12C. The second kappa shape index (κ2) is 36.6. The van der Waals surface area contributed by atoms with E-state index in [1.165, 1.54) is 0 Å². The normalized spacial score (nSPS) is 31.3. The minimum absolute atomic E-state index is 0.0199. The van der Waals surface area contributed by atoms with Crippen molar-refractivity contribution in [3.8, 4) is 0 Å². The quantitative estimate of drug-likeness (QED) is 0.0234. The Morgan fingerprint density at radius 2 is 0.822 bits per heavy atom. The standard InChI is InChI=1S/C92H107N3O12/c1-63(44-47-81(96)97)75-45-46-76-82-74(83-87(102-57-68-36-20-8-21-37-68)89(104-59-70-40-24-10-25-41-70)85(100-55-66-32-16-6-17-33-66)79(106-83)61-98-53-64-28-12-4-13-29-64)51-72-50-73(94-95-93)48-49-91(72,2)77(82)52-78(92(75,76)3)84-88(103-58-69-38-22-9-23-39-69)90(105-60-71-42-26-11-27-43-71)86(101-56-67-34-18-7-19-35-67)80(107-84)62-99-54-65-30-14-5-15-31-65/h4-43,63,72-80,82-90H,44-62H2,1-3H3,(H,96,97)/t63-,72+,73+,74+,75-,76+,77+,78+,79-,80-,82+,83?,84+,85-,86-,87+,88+,89+,90+,91+,92-/m1/s1. The van der Waals surface area contributed by atoms with E-state index in [1.54, 1.807) is 0 Å². The van der Waals surface area contributed by atoms with Gasteiger partial charge in [-0.3, -0.25) is 4.79 Å². The molecule has 8 aromatic rings. The maximum atomic E-state index is 12.9. The second-order valence-electron chi connectivity index (χ2n) is 31.7. The van der Waals surface area contributed by atoms with E-state index in [0.717, 1.165) is 89.5 Å². The number of carboxylic acids is 1. The van der Waals surface area contributed by atoms with Crippen LogP contribution in [-0.2, 0) is 105 Å². The Balaban J connectivity index is 0.933. The molecule has 2 saturated heterocycles. The maximum Gasteiger partial charge on any atom is 0.303 e. The van der Waals surface area contributed by atoms with Gasteiger partial charge in [0.05, 0.1) is 78.3 Å². The first kappa shape index (κ1) is 75.9. The smallest absolute Gasteiger partial charge is 0.303 e. The number of nitrogens with zero attached hydrogens (tertiary/aromatic N) is 3. The van der Waals surface area contributed by atoms with Crippen molar-refractivity contribution in [3.63, 3.8) is 0 Å². The predicted molar refractivity (Wildman–Crippen MR) is 412 cm³/mol. The average Bonchev–Trinajstić information content (AvgIpc) is 1.67. The molecule has 6 aliphatic rings. The van der Waals surface area contributed by atoms with Crippen LogP contribution in [0, 0.1) is 58.2 Å². The Labute approximate surface area is 632 Å². The summed E-state index contributed by atoms with van der Waals surface area (Å²) in [7, 11) is 0. The molecule has 1 unspecified atom stereocenters. The van der Waals surface area contributed by atoms with Crippen molar-refractivity contribution in [3.05, 3.63) is 298 Å². The van der Waals surface area contributed by atoms with Crippen LogP contribution >= 0.6 is 0 Å². The Kier molecular flexibility index (Phi) is 25.9. The third-order valence-corrected chi connectivity index (χ3v) is 25.4. The number of rotatable bonds is 33. The van der Waals surface area contributed by atoms with Crippen molar-refractivity contribution in [2.45, 2.75) is 198 Å². The van der Waals surface area contributed by atoms with Crippen LogP contribution in [0.3, 0.4) is 0 Å². The molecule has 15 heteroatoms. The van der Waals surface area contributed by atoms with Gasteiger partial charge in [-0.05, 0) is 160 Å². The predicted octanol–water partition coefficient (Wildman–Crippen LogP) is 18.8. The lowest BCUT2D eigenvalue weighted by Crippen LogP contribution is -2.69. The summed E-state index contributed by atoms with van der Waals surface area (Å²) in [5.74, 6) is -0.739. The van der Waals surface area contributed by atoms with Crippen LogP contribution in [-0.4, -0.2) is 91.4 Å². The molecule has 4 saturated carbocycles. The van der Waals surface area contributed by atoms with Gasteiger partial charge in [-0.25, -0.2) is 0 Å². The van der Waals surface area contributed by atoms with Gasteiger partial charge >= 0.3 is 5.97 Å². The van der Waals surface area contributed by atoms with Crippen molar-refractivity contribution >= 4 is 5.97 Å². The number of fused-ring (bicyclic) bond motifs is 5. The topological polar surface area (TPSA) is 178 Å². The summed E-state index contributed by atoms with van der Waals surface area (Å²) in [6.07, 6.45) is -0.0372. The van der Waals surface area contributed by atoms with Gasteiger partial charge in [0.25, 0.3) is 0 Å². The number of hydrogen-bond donors (Lipinski definition) is 1. The van der Waals surface area contributed by atoms with Gasteiger partial charge in [0, 0.05) is 17.4 Å². The molecule has 15 nitrogen and oxygen atoms in total. The van der Waals surface area contributed by atoms with Crippen LogP contribution in [0.1, 0.15) is 123 Å². The summed E-state index contributed by atoms with van der Waals surface area (Å²) >= 11 is 0. The second-order valence-corrected chi connectivity index (χ2v) is 31.7. The molecule has 1 N–H and O–H groups in total. The van der Waals surface area contributed by atoms with Crippen LogP contribution in [0.15, 0.2) is 248 Å². The number of carbonyl (C=O) groups is 1.